The number of aliphatic imine (C=N–C) groups is 1. The first-order chi connectivity index (χ1) is 12.8. The van der Waals surface area contributed by atoms with Crippen LogP contribution in [0.1, 0.15) is 62.1 Å². The number of amidine groups is 1. The van der Waals surface area contributed by atoms with Gasteiger partial charge in [-0.1, -0.05) is 93.6 Å². The summed E-state index contributed by atoms with van der Waals surface area (Å²) >= 11 is 0. The van der Waals surface area contributed by atoms with Crippen LogP contribution in [-0.4, -0.2) is 19.1 Å². The summed E-state index contributed by atoms with van der Waals surface area (Å²) in [6.07, 6.45) is 11.1. The molecular formula is C23H31N3. The molecule has 0 heterocycles. The van der Waals surface area contributed by atoms with Crippen LogP contribution in [0.15, 0.2) is 64.7 Å². The molecule has 2 aromatic carbocycles. The average Bonchev–Trinajstić information content (AvgIpc) is 2.69. The highest BCUT2D eigenvalue weighted by atomic mass is 15.3. The maximum atomic E-state index is 4.55. The lowest BCUT2D eigenvalue weighted by atomic mass is 10.0. The van der Waals surface area contributed by atoms with Gasteiger partial charge in [-0.05, 0) is 24.0 Å². The van der Waals surface area contributed by atoms with E-state index in [0.29, 0.717) is 5.84 Å². The van der Waals surface area contributed by atoms with E-state index in [0.717, 1.165) is 11.1 Å². The zero-order valence-corrected chi connectivity index (χ0v) is 16.1. The lowest BCUT2D eigenvalue weighted by molar-refractivity contribution is 0.607. The second-order valence-corrected chi connectivity index (χ2v) is 6.54. The third-order valence-corrected chi connectivity index (χ3v) is 4.38. The van der Waals surface area contributed by atoms with Crippen LogP contribution in [0.4, 0.5) is 0 Å². The van der Waals surface area contributed by atoms with E-state index in [1.165, 1.54) is 50.5 Å². The van der Waals surface area contributed by atoms with Crippen molar-refractivity contribution in [3.05, 3.63) is 71.3 Å². The van der Waals surface area contributed by atoms with Gasteiger partial charge in [-0.15, -0.1) is 0 Å². The molecule has 0 aliphatic heterocycles. The molecule has 0 spiro atoms. The standard InChI is InChI=1S/C23H31N3/c1-3-4-5-6-7-9-12-20-15-17-21(18-16-20)19-25-23(26-24-2)22-13-10-8-11-14-22/h8,10-11,13-19,24H,3-7,9,12H2,1-2H3/b25-19?,26-23-. The van der Waals surface area contributed by atoms with E-state index in [-0.39, 0.29) is 0 Å². The summed E-state index contributed by atoms with van der Waals surface area (Å²) in [4.78, 5) is 4.55. The third-order valence-electron chi connectivity index (χ3n) is 4.38. The van der Waals surface area contributed by atoms with E-state index >= 15 is 0 Å². The molecule has 3 heteroatoms. The van der Waals surface area contributed by atoms with Crippen molar-refractivity contribution in [3.63, 3.8) is 0 Å². The molecule has 0 saturated heterocycles. The molecule has 138 valence electrons. The van der Waals surface area contributed by atoms with Gasteiger partial charge in [0.15, 0.2) is 5.84 Å². The van der Waals surface area contributed by atoms with Crippen LogP contribution < -0.4 is 5.43 Å². The van der Waals surface area contributed by atoms with E-state index in [2.05, 4.69) is 46.7 Å². The van der Waals surface area contributed by atoms with Gasteiger partial charge < -0.3 is 5.43 Å². The Bertz CT molecular complexity index is 672. The molecule has 1 N–H and O–H groups in total. The quantitative estimate of drug-likeness (QED) is 0.258. The molecule has 0 fully saturated rings. The summed E-state index contributed by atoms with van der Waals surface area (Å²) in [6.45, 7) is 2.26. The maximum absolute atomic E-state index is 4.55. The Hall–Kier alpha value is -2.42. The van der Waals surface area contributed by atoms with Gasteiger partial charge in [0.1, 0.15) is 0 Å². The molecule has 0 atom stereocenters. The second kappa shape index (κ2) is 12.0. The molecule has 3 nitrogen and oxygen atoms in total. The average molecular weight is 350 g/mol. The Morgan fingerprint density at radius 3 is 2.27 bits per heavy atom. The van der Waals surface area contributed by atoms with Crippen molar-refractivity contribution < 1.29 is 0 Å². The second-order valence-electron chi connectivity index (χ2n) is 6.54. The molecule has 0 radical (unpaired) electrons. The Kier molecular flexibility index (Phi) is 9.20. The smallest absolute Gasteiger partial charge is 0.178 e. The molecule has 0 amide bonds. The summed E-state index contributed by atoms with van der Waals surface area (Å²) in [5.41, 5.74) is 6.33. The summed E-state index contributed by atoms with van der Waals surface area (Å²) in [5.74, 6) is 0.684. The summed E-state index contributed by atoms with van der Waals surface area (Å²) in [7, 11) is 1.79. The van der Waals surface area contributed by atoms with E-state index in [1.807, 2.05) is 36.5 Å². The van der Waals surface area contributed by atoms with Gasteiger partial charge in [0, 0.05) is 18.8 Å². The number of hydrogen-bond acceptors (Lipinski definition) is 2. The Morgan fingerprint density at radius 2 is 1.58 bits per heavy atom. The van der Waals surface area contributed by atoms with Gasteiger partial charge >= 0.3 is 0 Å². The molecular weight excluding hydrogens is 318 g/mol. The van der Waals surface area contributed by atoms with Gasteiger partial charge in [-0.3, -0.25) is 0 Å². The number of hydrazone groups is 1. The Morgan fingerprint density at radius 1 is 0.885 bits per heavy atom. The fourth-order valence-corrected chi connectivity index (χ4v) is 2.88. The molecule has 2 aromatic rings. The predicted octanol–water partition coefficient (Wildman–Crippen LogP) is 5.59. The Balaban J connectivity index is 1.87. The van der Waals surface area contributed by atoms with Crippen molar-refractivity contribution in [3.8, 4) is 0 Å². The van der Waals surface area contributed by atoms with Crippen molar-refractivity contribution in [1.82, 2.24) is 5.43 Å². The van der Waals surface area contributed by atoms with Crippen molar-refractivity contribution in [2.75, 3.05) is 7.05 Å². The van der Waals surface area contributed by atoms with Gasteiger partial charge in [0.2, 0.25) is 0 Å². The number of aryl methyl sites for hydroxylation is 1. The van der Waals surface area contributed by atoms with Crippen molar-refractivity contribution in [2.45, 2.75) is 51.9 Å². The maximum Gasteiger partial charge on any atom is 0.178 e. The third kappa shape index (κ3) is 7.22. The van der Waals surface area contributed by atoms with Crippen molar-refractivity contribution in [1.29, 1.82) is 0 Å². The topological polar surface area (TPSA) is 36.8 Å². The predicted molar refractivity (Wildman–Crippen MR) is 113 cm³/mol. The number of unbranched alkanes of at least 4 members (excludes halogenated alkanes) is 5. The fourth-order valence-electron chi connectivity index (χ4n) is 2.88. The first kappa shape index (κ1) is 19.9. The number of benzene rings is 2. The molecule has 2 rings (SSSR count). The van der Waals surface area contributed by atoms with Gasteiger partial charge in [-0.2, -0.15) is 5.10 Å². The normalized spacial score (nSPS) is 11.8. The van der Waals surface area contributed by atoms with Gasteiger partial charge in [0.05, 0.1) is 0 Å². The van der Waals surface area contributed by atoms with E-state index in [9.17, 15) is 0 Å². The molecule has 0 unspecified atom stereocenters. The van der Waals surface area contributed by atoms with Crippen molar-refractivity contribution >= 4 is 12.1 Å². The minimum absolute atomic E-state index is 0.684. The first-order valence-electron chi connectivity index (χ1n) is 9.76. The largest absolute Gasteiger partial charge is 0.311 e. The number of rotatable bonds is 10. The zero-order chi connectivity index (χ0) is 18.5. The lowest BCUT2D eigenvalue weighted by Gasteiger charge is -2.03. The van der Waals surface area contributed by atoms with Crippen LogP contribution in [0.25, 0.3) is 0 Å². The van der Waals surface area contributed by atoms with Crippen molar-refractivity contribution in [2.24, 2.45) is 10.1 Å². The van der Waals surface area contributed by atoms with E-state index in [1.54, 1.807) is 7.05 Å². The molecule has 0 aromatic heterocycles. The van der Waals surface area contributed by atoms with Crippen LogP contribution in [0.2, 0.25) is 0 Å². The van der Waals surface area contributed by atoms with Gasteiger partial charge in [0.25, 0.3) is 0 Å². The highest BCUT2D eigenvalue weighted by molar-refractivity contribution is 6.04. The van der Waals surface area contributed by atoms with Gasteiger partial charge in [-0.25, -0.2) is 4.99 Å². The van der Waals surface area contributed by atoms with Crippen LogP contribution in [-0.2, 0) is 6.42 Å². The van der Waals surface area contributed by atoms with E-state index < -0.39 is 0 Å². The molecule has 26 heavy (non-hydrogen) atoms. The summed E-state index contributed by atoms with van der Waals surface area (Å²) in [5, 5.41) is 4.27. The Labute approximate surface area is 158 Å². The molecule has 0 bridgehead atoms. The van der Waals surface area contributed by atoms with Crippen LogP contribution in [0.5, 0.6) is 0 Å². The molecule has 0 aliphatic carbocycles. The summed E-state index contributed by atoms with van der Waals surface area (Å²) in [6, 6.07) is 18.7. The van der Waals surface area contributed by atoms with Crippen LogP contribution in [0.3, 0.4) is 0 Å². The highest BCUT2D eigenvalue weighted by Gasteiger charge is 2.00. The number of nitrogens with zero attached hydrogens (tertiary/aromatic N) is 2. The minimum atomic E-state index is 0.684. The molecule has 0 aliphatic rings. The van der Waals surface area contributed by atoms with Crippen LogP contribution in [0, 0.1) is 0 Å². The fraction of sp³-hybridized carbons (Fsp3) is 0.391. The SMILES string of the molecule is CCCCCCCCc1ccc(C=N/C(=N\NC)c2ccccc2)cc1. The monoisotopic (exact) mass is 349 g/mol. The number of nitrogens with one attached hydrogen (secondary N) is 1. The van der Waals surface area contributed by atoms with Crippen LogP contribution >= 0.6 is 0 Å². The minimum Gasteiger partial charge on any atom is -0.311 e. The van der Waals surface area contributed by atoms with E-state index in [4.69, 9.17) is 0 Å². The zero-order valence-electron chi connectivity index (χ0n) is 16.1. The first-order valence-corrected chi connectivity index (χ1v) is 9.76. The number of hydrogen-bond donors (Lipinski definition) is 1. The molecule has 0 saturated carbocycles. The summed E-state index contributed by atoms with van der Waals surface area (Å²) < 4.78 is 0. The lowest BCUT2D eigenvalue weighted by Crippen LogP contribution is -2.05. The highest BCUT2D eigenvalue weighted by Crippen LogP contribution is 2.11.